The van der Waals surface area contributed by atoms with Crippen molar-refractivity contribution in [3.63, 3.8) is 0 Å². The van der Waals surface area contributed by atoms with Crippen LogP contribution in [-0.2, 0) is 16.2 Å². The van der Waals surface area contributed by atoms with Gasteiger partial charge in [0.1, 0.15) is 0 Å². The van der Waals surface area contributed by atoms with E-state index in [2.05, 4.69) is 264 Å². The van der Waals surface area contributed by atoms with Crippen LogP contribution in [0.15, 0.2) is 192 Å². The van der Waals surface area contributed by atoms with Crippen molar-refractivity contribution in [2.45, 2.75) is 88.3 Å². The van der Waals surface area contributed by atoms with Crippen molar-refractivity contribution >= 4 is 97.1 Å². The van der Waals surface area contributed by atoms with Crippen molar-refractivity contribution < 1.29 is 0 Å². The molecule has 0 amide bonds. The van der Waals surface area contributed by atoms with Crippen LogP contribution in [0.25, 0.3) is 16.6 Å². The highest BCUT2D eigenvalue weighted by Gasteiger charge is 2.47. The van der Waals surface area contributed by atoms with Gasteiger partial charge in [-0.3, -0.25) is 0 Å². The predicted octanol–water partition coefficient (Wildman–Crippen LogP) is 15.5. The van der Waals surface area contributed by atoms with E-state index < -0.39 is 0 Å². The lowest BCUT2D eigenvalue weighted by molar-refractivity contribution is 0.590. The predicted molar refractivity (Wildman–Crippen MR) is 292 cm³/mol. The molecule has 0 saturated heterocycles. The van der Waals surface area contributed by atoms with Crippen LogP contribution in [0.4, 0.5) is 51.2 Å². The number of anilines is 9. The Balaban J connectivity index is 1.22. The van der Waals surface area contributed by atoms with Gasteiger partial charge in [-0.05, 0) is 135 Å². The molecule has 68 heavy (non-hydrogen) atoms. The van der Waals surface area contributed by atoms with Crippen molar-refractivity contribution in [1.29, 1.82) is 0 Å². The number of nitrogens with zero attached hydrogens (tertiary/aromatic N) is 4. The summed E-state index contributed by atoms with van der Waals surface area (Å²) >= 11 is 1.88. The van der Waals surface area contributed by atoms with Crippen LogP contribution in [0, 0.1) is 0 Å². The highest BCUT2D eigenvalue weighted by Crippen LogP contribution is 2.55. The number of aromatic nitrogens is 1. The largest absolute Gasteiger partial charge is 0.319 e. The minimum atomic E-state index is -0.0941. The molecule has 12 rings (SSSR count). The fraction of sp³-hybridized carbons (Fsp3) is 0.194. The monoisotopic (exact) mass is 900 g/mol. The normalized spacial score (nSPS) is 14.1. The fourth-order valence-corrected chi connectivity index (χ4v) is 12.0. The van der Waals surface area contributed by atoms with Crippen LogP contribution in [0.3, 0.4) is 0 Å². The molecule has 0 unspecified atom stereocenters. The quantitative estimate of drug-likeness (QED) is 0.163. The second-order valence-electron chi connectivity index (χ2n) is 21.9. The molecule has 4 heterocycles. The average molecular weight is 901 g/mol. The third-order valence-corrected chi connectivity index (χ3v) is 15.5. The first-order valence-electron chi connectivity index (χ1n) is 24.1. The van der Waals surface area contributed by atoms with Crippen molar-refractivity contribution in [2.75, 3.05) is 14.7 Å². The Morgan fingerprint density at radius 1 is 0.382 bits per heavy atom. The minimum absolute atomic E-state index is 0.0145. The maximum atomic E-state index is 2.61. The van der Waals surface area contributed by atoms with Gasteiger partial charge in [-0.2, -0.15) is 0 Å². The molecule has 0 fully saturated rings. The first-order chi connectivity index (χ1) is 32.6. The van der Waals surface area contributed by atoms with E-state index in [0.29, 0.717) is 0 Å². The van der Waals surface area contributed by atoms with E-state index in [1.54, 1.807) is 0 Å². The van der Waals surface area contributed by atoms with Gasteiger partial charge in [0.15, 0.2) is 0 Å². The van der Waals surface area contributed by atoms with Gasteiger partial charge in [0, 0.05) is 60.6 Å². The number of hydrogen-bond acceptors (Lipinski definition) is 4. The van der Waals surface area contributed by atoms with Gasteiger partial charge in [0.2, 0.25) is 0 Å². The van der Waals surface area contributed by atoms with Crippen LogP contribution in [0.5, 0.6) is 0 Å². The summed E-state index contributed by atoms with van der Waals surface area (Å²) < 4.78 is 2.61. The van der Waals surface area contributed by atoms with Crippen molar-refractivity contribution in [3.8, 4) is 5.69 Å². The molecule has 3 aliphatic rings. The second-order valence-corrected chi connectivity index (χ2v) is 23.0. The van der Waals surface area contributed by atoms with Crippen LogP contribution in [-0.4, -0.2) is 11.3 Å². The summed E-state index contributed by atoms with van der Waals surface area (Å²) in [7, 11) is 0. The Morgan fingerprint density at radius 3 is 1.50 bits per heavy atom. The lowest BCUT2D eigenvalue weighted by Gasteiger charge is -2.44. The molecule has 0 spiro atoms. The molecule has 4 nitrogen and oxygen atoms in total. The molecule has 0 saturated carbocycles. The molecule has 0 atom stereocenters. The Morgan fingerprint density at radius 2 is 0.882 bits per heavy atom. The van der Waals surface area contributed by atoms with E-state index in [1.165, 1.54) is 88.0 Å². The Hall–Kier alpha value is -6.89. The number of hydrogen-bond donors (Lipinski definition) is 0. The number of fused-ring (bicyclic) bond motifs is 8. The maximum absolute atomic E-state index is 2.61. The summed E-state index contributed by atoms with van der Waals surface area (Å²) in [5.41, 5.74) is 20.9. The standard InChI is InChI=1S/C62H57BN4S/c1-60(2,3)40-27-32-45(33-28-40)64-49-36-31-42(62(7,8)9)37-48(49)63-57-51(64)24-18-25-52(57)66(46-34-29-41(30-35-46)61(4,5)6)58-47-38-56-54(39-53(47)67(59(58)63)44-21-14-11-15-22-44)65(43-19-12-10-13-20-43)50-23-16-17-26-55(50)68-56/h10-39H,1-9H3. The summed E-state index contributed by atoms with van der Waals surface area (Å²) in [5, 5.41) is 1.23. The van der Waals surface area contributed by atoms with Gasteiger partial charge in [0.25, 0.3) is 6.71 Å². The highest BCUT2D eigenvalue weighted by molar-refractivity contribution is 7.99. The Labute approximate surface area is 407 Å². The summed E-state index contributed by atoms with van der Waals surface area (Å²) in [6, 6.07) is 68.8. The zero-order valence-corrected chi connectivity index (χ0v) is 41.4. The highest BCUT2D eigenvalue weighted by atomic mass is 32.2. The van der Waals surface area contributed by atoms with E-state index in [9.17, 15) is 0 Å². The van der Waals surface area contributed by atoms with E-state index in [-0.39, 0.29) is 23.0 Å². The van der Waals surface area contributed by atoms with Gasteiger partial charge in [-0.1, -0.05) is 165 Å². The molecular formula is C62H57BN4S. The SMILES string of the molecule is CC(C)(C)c1ccc(N2c3ccc(C(C)(C)C)cc3B3c4c2cccc4N(c2ccc(C(C)(C)C)cc2)c2c3n(-c3ccccc3)c3cc4c(cc23)Sc2ccccc2N4c2ccccc2)cc1. The van der Waals surface area contributed by atoms with E-state index in [4.69, 9.17) is 0 Å². The molecule has 0 N–H and O–H groups in total. The van der Waals surface area contributed by atoms with Crippen molar-refractivity contribution in [1.82, 2.24) is 4.57 Å². The molecule has 0 bridgehead atoms. The van der Waals surface area contributed by atoms with Crippen LogP contribution in [0.2, 0.25) is 0 Å². The third-order valence-electron chi connectivity index (χ3n) is 14.4. The number of rotatable bonds is 4. The molecule has 334 valence electrons. The topological polar surface area (TPSA) is 14.7 Å². The molecule has 0 radical (unpaired) electrons. The van der Waals surface area contributed by atoms with Crippen molar-refractivity contribution in [2.24, 2.45) is 0 Å². The summed E-state index contributed by atoms with van der Waals surface area (Å²) in [5.74, 6) is 0. The summed E-state index contributed by atoms with van der Waals surface area (Å²) in [6.45, 7) is 20.7. The minimum Gasteiger partial charge on any atom is -0.319 e. The van der Waals surface area contributed by atoms with Crippen LogP contribution < -0.4 is 31.2 Å². The molecule has 3 aliphatic heterocycles. The fourth-order valence-electron chi connectivity index (χ4n) is 10.9. The van der Waals surface area contributed by atoms with Crippen molar-refractivity contribution in [3.05, 3.63) is 199 Å². The lowest BCUT2D eigenvalue weighted by atomic mass is 9.34. The maximum Gasteiger partial charge on any atom is 0.273 e. The van der Waals surface area contributed by atoms with Crippen LogP contribution >= 0.6 is 11.8 Å². The number of benzene rings is 8. The Bertz CT molecular complexity index is 3430. The first-order valence-corrected chi connectivity index (χ1v) is 25.0. The third kappa shape index (κ3) is 6.66. The van der Waals surface area contributed by atoms with Crippen LogP contribution in [0.1, 0.15) is 79.0 Å². The molecule has 0 aliphatic carbocycles. The van der Waals surface area contributed by atoms with Gasteiger partial charge < -0.3 is 19.3 Å². The van der Waals surface area contributed by atoms with E-state index in [1.807, 2.05) is 11.8 Å². The second kappa shape index (κ2) is 15.3. The first kappa shape index (κ1) is 42.5. The molecule has 1 aromatic heterocycles. The molecule has 8 aromatic carbocycles. The van der Waals surface area contributed by atoms with Gasteiger partial charge in [-0.15, -0.1) is 0 Å². The molecule has 6 heteroatoms. The Kier molecular flexibility index (Phi) is 9.57. The molecular weight excluding hydrogens is 844 g/mol. The average Bonchev–Trinajstić information content (AvgIpc) is 3.65. The summed E-state index contributed by atoms with van der Waals surface area (Å²) in [6.07, 6.45) is 0. The van der Waals surface area contributed by atoms with Gasteiger partial charge in [0.05, 0.1) is 22.6 Å². The lowest BCUT2D eigenvalue weighted by Crippen LogP contribution is -2.63. The van der Waals surface area contributed by atoms with E-state index in [0.717, 1.165) is 22.7 Å². The van der Waals surface area contributed by atoms with Gasteiger partial charge in [-0.25, -0.2) is 0 Å². The van der Waals surface area contributed by atoms with Gasteiger partial charge >= 0.3 is 0 Å². The smallest absolute Gasteiger partial charge is 0.273 e. The zero-order chi connectivity index (χ0) is 46.9. The van der Waals surface area contributed by atoms with E-state index >= 15 is 0 Å². The zero-order valence-electron chi connectivity index (χ0n) is 40.6. The molecule has 9 aromatic rings. The summed E-state index contributed by atoms with van der Waals surface area (Å²) in [4.78, 5) is 10.1. The number of para-hydroxylation sites is 3.